The standard InChI is InChI=1S/C23H20FN5O3S2/c1-28-20(15-7-3-2-4-8-15)26-27-22(28)33-14-19(30)25-11-12-29-21(31)18(34-23(29)32)13-16-9-5-6-10-17(16)24/h2-10,13H,11-12,14H2,1H3,(H,25,30)/b18-13-. The van der Waals surface area contributed by atoms with Crippen LogP contribution in [0.15, 0.2) is 64.7 Å². The molecule has 0 spiro atoms. The van der Waals surface area contributed by atoms with E-state index in [9.17, 15) is 18.8 Å². The van der Waals surface area contributed by atoms with Gasteiger partial charge in [-0.1, -0.05) is 60.3 Å². The highest BCUT2D eigenvalue weighted by molar-refractivity contribution is 8.18. The summed E-state index contributed by atoms with van der Waals surface area (Å²) in [6.45, 7) is 0.135. The number of benzene rings is 2. The molecule has 174 valence electrons. The van der Waals surface area contributed by atoms with Gasteiger partial charge in [-0.15, -0.1) is 10.2 Å². The van der Waals surface area contributed by atoms with Gasteiger partial charge in [0.25, 0.3) is 11.1 Å². The quantitative estimate of drug-likeness (QED) is 0.375. The van der Waals surface area contributed by atoms with E-state index >= 15 is 0 Å². The Bertz CT molecular complexity index is 1260. The highest BCUT2D eigenvalue weighted by Gasteiger charge is 2.34. The summed E-state index contributed by atoms with van der Waals surface area (Å²) >= 11 is 1.99. The van der Waals surface area contributed by atoms with Gasteiger partial charge in [-0.25, -0.2) is 4.39 Å². The lowest BCUT2D eigenvalue weighted by Gasteiger charge is -2.12. The molecule has 34 heavy (non-hydrogen) atoms. The van der Waals surface area contributed by atoms with Crippen LogP contribution in [0.2, 0.25) is 0 Å². The van der Waals surface area contributed by atoms with Crippen LogP contribution < -0.4 is 5.32 Å². The van der Waals surface area contributed by atoms with Crippen LogP contribution in [-0.4, -0.2) is 55.6 Å². The van der Waals surface area contributed by atoms with Crippen LogP contribution in [0.1, 0.15) is 5.56 Å². The second kappa shape index (κ2) is 10.7. The van der Waals surface area contributed by atoms with Gasteiger partial charge in [-0.3, -0.25) is 19.3 Å². The first kappa shape index (κ1) is 23.7. The average molecular weight is 498 g/mol. The van der Waals surface area contributed by atoms with E-state index in [0.29, 0.717) is 11.0 Å². The molecule has 4 rings (SSSR count). The van der Waals surface area contributed by atoms with E-state index in [-0.39, 0.29) is 35.2 Å². The molecule has 1 N–H and O–H groups in total. The van der Waals surface area contributed by atoms with E-state index in [4.69, 9.17) is 0 Å². The molecule has 0 bridgehead atoms. The maximum Gasteiger partial charge on any atom is 0.293 e. The molecule has 2 heterocycles. The van der Waals surface area contributed by atoms with Gasteiger partial charge in [-0.2, -0.15) is 0 Å². The molecule has 1 fully saturated rings. The third-order valence-corrected chi connectivity index (χ3v) is 6.85. The molecule has 0 radical (unpaired) electrons. The fraction of sp³-hybridized carbons (Fsp3) is 0.174. The number of nitrogens with zero attached hydrogens (tertiary/aromatic N) is 4. The second-order valence-electron chi connectivity index (χ2n) is 7.22. The Morgan fingerprint density at radius 1 is 1.12 bits per heavy atom. The first-order valence-corrected chi connectivity index (χ1v) is 12.1. The molecule has 3 amide bonds. The number of thioether (sulfide) groups is 2. The minimum Gasteiger partial charge on any atom is -0.354 e. The molecular weight excluding hydrogens is 477 g/mol. The Morgan fingerprint density at radius 2 is 1.85 bits per heavy atom. The highest BCUT2D eigenvalue weighted by atomic mass is 32.2. The van der Waals surface area contributed by atoms with Gasteiger partial charge < -0.3 is 9.88 Å². The highest BCUT2D eigenvalue weighted by Crippen LogP contribution is 2.32. The van der Waals surface area contributed by atoms with Crippen molar-refractivity contribution in [2.24, 2.45) is 7.05 Å². The summed E-state index contributed by atoms with van der Waals surface area (Å²) in [7, 11) is 1.83. The largest absolute Gasteiger partial charge is 0.354 e. The van der Waals surface area contributed by atoms with E-state index in [1.807, 2.05) is 41.9 Å². The summed E-state index contributed by atoms with van der Waals surface area (Å²) in [4.78, 5) is 38.2. The van der Waals surface area contributed by atoms with E-state index in [1.165, 1.54) is 30.0 Å². The molecule has 1 aliphatic rings. The predicted octanol–water partition coefficient (Wildman–Crippen LogP) is 3.57. The van der Waals surface area contributed by atoms with Gasteiger partial charge in [0.2, 0.25) is 5.91 Å². The molecule has 11 heteroatoms. The third kappa shape index (κ3) is 5.37. The third-order valence-electron chi connectivity index (χ3n) is 4.92. The van der Waals surface area contributed by atoms with Crippen molar-refractivity contribution in [3.8, 4) is 11.4 Å². The number of rotatable bonds is 8. The molecule has 1 saturated heterocycles. The number of hydrogen-bond acceptors (Lipinski definition) is 7. The van der Waals surface area contributed by atoms with E-state index in [1.54, 1.807) is 12.1 Å². The fourth-order valence-corrected chi connectivity index (χ4v) is 4.79. The lowest BCUT2D eigenvalue weighted by molar-refractivity contribution is -0.123. The number of hydrogen-bond donors (Lipinski definition) is 1. The van der Waals surface area contributed by atoms with Crippen LogP contribution in [0.5, 0.6) is 0 Å². The number of amides is 3. The average Bonchev–Trinajstić information content (AvgIpc) is 3.33. The molecular formula is C23H20FN5O3S2. The smallest absolute Gasteiger partial charge is 0.293 e. The SMILES string of the molecule is Cn1c(SCC(=O)NCCN2C(=O)S/C(=C\c3ccccc3F)C2=O)nnc1-c1ccccc1. The molecule has 0 unspecified atom stereocenters. The van der Waals surface area contributed by atoms with Crippen LogP contribution >= 0.6 is 23.5 Å². The Hall–Kier alpha value is -3.44. The Labute approximate surface area is 203 Å². The monoisotopic (exact) mass is 497 g/mol. The predicted molar refractivity (Wildman–Crippen MR) is 129 cm³/mol. The zero-order valence-electron chi connectivity index (χ0n) is 18.1. The first-order valence-electron chi connectivity index (χ1n) is 10.3. The topological polar surface area (TPSA) is 97.2 Å². The summed E-state index contributed by atoms with van der Waals surface area (Å²) < 4.78 is 15.7. The van der Waals surface area contributed by atoms with Gasteiger partial charge in [0, 0.05) is 31.3 Å². The molecule has 0 saturated carbocycles. The van der Waals surface area contributed by atoms with E-state index in [0.717, 1.165) is 22.2 Å². The van der Waals surface area contributed by atoms with Gasteiger partial charge in [0.05, 0.1) is 10.7 Å². The van der Waals surface area contributed by atoms with Crippen molar-refractivity contribution in [2.45, 2.75) is 5.16 Å². The molecule has 0 atom stereocenters. The zero-order chi connectivity index (χ0) is 24.1. The minimum atomic E-state index is -0.505. The summed E-state index contributed by atoms with van der Waals surface area (Å²) in [6.07, 6.45) is 1.36. The van der Waals surface area contributed by atoms with Gasteiger partial charge in [0.15, 0.2) is 11.0 Å². The Morgan fingerprint density at radius 3 is 2.62 bits per heavy atom. The number of carbonyl (C=O) groups is 3. The van der Waals surface area contributed by atoms with E-state index < -0.39 is 17.0 Å². The van der Waals surface area contributed by atoms with Crippen molar-refractivity contribution in [1.82, 2.24) is 25.0 Å². The van der Waals surface area contributed by atoms with Crippen LogP contribution in [0.3, 0.4) is 0 Å². The number of carbonyl (C=O) groups excluding carboxylic acids is 3. The lowest BCUT2D eigenvalue weighted by Crippen LogP contribution is -2.37. The van der Waals surface area contributed by atoms with E-state index in [2.05, 4.69) is 15.5 Å². The van der Waals surface area contributed by atoms with Crippen molar-refractivity contribution < 1.29 is 18.8 Å². The number of nitrogens with one attached hydrogen (secondary N) is 1. The minimum absolute atomic E-state index is 0.0256. The summed E-state index contributed by atoms with van der Waals surface area (Å²) in [5.74, 6) is -0.433. The number of imide groups is 1. The molecule has 2 aromatic carbocycles. The van der Waals surface area contributed by atoms with Crippen molar-refractivity contribution in [2.75, 3.05) is 18.8 Å². The molecule has 1 aliphatic heterocycles. The number of aromatic nitrogens is 3. The summed E-state index contributed by atoms with van der Waals surface area (Å²) in [5.41, 5.74) is 1.16. The Kier molecular flexibility index (Phi) is 7.43. The number of halogens is 1. The van der Waals surface area contributed by atoms with Crippen molar-refractivity contribution in [3.63, 3.8) is 0 Å². The molecule has 3 aromatic rings. The van der Waals surface area contributed by atoms with Gasteiger partial charge in [0.1, 0.15) is 5.82 Å². The maximum absolute atomic E-state index is 13.8. The lowest BCUT2D eigenvalue weighted by atomic mass is 10.2. The van der Waals surface area contributed by atoms with Gasteiger partial charge in [-0.05, 0) is 23.9 Å². The van der Waals surface area contributed by atoms with Crippen LogP contribution in [-0.2, 0) is 16.6 Å². The van der Waals surface area contributed by atoms with Crippen LogP contribution in [0, 0.1) is 5.82 Å². The maximum atomic E-state index is 13.8. The Balaban J connectivity index is 1.27. The van der Waals surface area contributed by atoms with Gasteiger partial charge >= 0.3 is 0 Å². The van der Waals surface area contributed by atoms with Crippen molar-refractivity contribution >= 4 is 46.7 Å². The first-order chi connectivity index (χ1) is 16.4. The summed E-state index contributed by atoms with van der Waals surface area (Å²) in [6, 6.07) is 15.6. The normalized spacial score (nSPS) is 14.8. The molecule has 0 aliphatic carbocycles. The zero-order valence-corrected chi connectivity index (χ0v) is 19.7. The van der Waals surface area contributed by atoms with Crippen LogP contribution in [0.25, 0.3) is 17.5 Å². The molecule has 1 aromatic heterocycles. The molecule has 8 nitrogen and oxygen atoms in total. The fourth-order valence-electron chi connectivity index (χ4n) is 3.19. The second-order valence-corrected chi connectivity index (χ2v) is 9.16. The van der Waals surface area contributed by atoms with Crippen molar-refractivity contribution in [1.29, 1.82) is 0 Å². The summed E-state index contributed by atoms with van der Waals surface area (Å²) in [5, 5.41) is 11.2. The van der Waals surface area contributed by atoms with Crippen LogP contribution in [0.4, 0.5) is 9.18 Å². The van der Waals surface area contributed by atoms with Crippen molar-refractivity contribution in [3.05, 3.63) is 70.9 Å².